The highest BCUT2D eigenvalue weighted by Gasteiger charge is 2.20. The van der Waals surface area contributed by atoms with E-state index in [1.165, 1.54) is 48.7 Å². The molecule has 102 valence electrons. The summed E-state index contributed by atoms with van der Waals surface area (Å²) >= 11 is 0. The van der Waals surface area contributed by atoms with Crippen LogP contribution in [0.3, 0.4) is 0 Å². The molecule has 19 heavy (non-hydrogen) atoms. The summed E-state index contributed by atoms with van der Waals surface area (Å²) in [6.45, 7) is 4.05. The Morgan fingerprint density at radius 2 is 2.11 bits per heavy atom. The van der Waals surface area contributed by atoms with Crippen LogP contribution in [0, 0.1) is 0 Å². The molecule has 1 atom stereocenters. The summed E-state index contributed by atoms with van der Waals surface area (Å²) in [5, 5.41) is 1.34. The van der Waals surface area contributed by atoms with Crippen LogP contribution >= 0.6 is 0 Å². The molecule has 0 bridgehead atoms. The van der Waals surface area contributed by atoms with E-state index in [1.807, 2.05) is 0 Å². The number of para-hydroxylation sites is 1. The Kier molecular flexibility index (Phi) is 3.88. The molecule has 0 fully saturated rings. The number of unbranched alkanes of at least 4 members (excludes halogenated alkanes) is 3. The van der Waals surface area contributed by atoms with Gasteiger partial charge in [0.25, 0.3) is 0 Å². The van der Waals surface area contributed by atoms with Gasteiger partial charge in [0.2, 0.25) is 0 Å². The van der Waals surface area contributed by atoms with Gasteiger partial charge in [-0.1, -0.05) is 50.8 Å². The lowest BCUT2D eigenvalue weighted by Gasteiger charge is -2.26. The van der Waals surface area contributed by atoms with Crippen LogP contribution in [-0.4, -0.2) is 10.7 Å². The van der Waals surface area contributed by atoms with E-state index >= 15 is 0 Å². The van der Waals surface area contributed by atoms with Gasteiger partial charge in [0.05, 0.1) is 12.7 Å². The Hall–Kier alpha value is -1.28. The van der Waals surface area contributed by atoms with Crippen LogP contribution in [-0.2, 0) is 17.9 Å². The lowest BCUT2D eigenvalue weighted by molar-refractivity contribution is -0.000377. The van der Waals surface area contributed by atoms with Crippen LogP contribution in [0.25, 0.3) is 10.9 Å². The van der Waals surface area contributed by atoms with Crippen molar-refractivity contribution in [3.05, 3.63) is 36.0 Å². The van der Waals surface area contributed by atoms with Crippen molar-refractivity contribution >= 4 is 10.9 Å². The number of aromatic nitrogens is 1. The molecule has 0 saturated carbocycles. The van der Waals surface area contributed by atoms with Gasteiger partial charge in [-0.2, -0.15) is 0 Å². The number of ether oxygens (including phenoxy) is 1. The molecule has 2 aromatic rings. The summed E-state index contributed by atoms with van der Waals surface area (Å²) in [6, 6.07) is 10.9. The summed E-state index contributed by atoms with van der Waals surface area (Å²) in [4.78, 5) is 0. The molecule has 1 aliphatic rings. The van der Waals surface area contributed by atoms with E-state index in [1.54, 1.807) is 0 Å². The molecule has 0 amide bonds. The molecule has 2 heterocycles. The highest BCUT2D eigenvalue weighted by Crippen LogP contribution is 2.26. The van der Waals surface area contributed by atoms with Gasteiger partial charge in [0.15, 0.2) is 0 Å². The Morgan fingerprint density at radius 3 is 3.00 bits per heavy atom. The monoisotopic (exact) mass is 257 g/mol. The third-order valence-electron chi connectivity index (χ3n) is 4.13. The van der Waals surface area contributed by atoms with Gasteiger partial charge in [-0.3, -0.25) is 0 Å². The summed E-state index contributed by atoms with van der Waals surface area (Å²) in [5.41, 5.74) is 2.69. The average molecular weight is 257 g/mol. The summed E-state index contributed by atoms with van der Waals surface area (Å²) in [6.07, 6.45) is 6.90. The van der Waals surface area contributed by atoms with Crippen LogP contribution in [0.15, 0.2) is 30.3 Å². The predicted molar refractivity (Wildman–Crippen MR) is 79.3 cm³/mol. The van der Waals surface area contributed by atoms with Crippen molar-refractivity contribution in [1.29, 1.82) is 0 Å². The van der Waals surface area contributed by atoms with Gasteiger partial charge < -0.3 is 9.30 Å². The lowest BCUT2D eigenvalue weighted by Crippen LogP contribution is -2.26. The average Bonchev–Trinajstić information content (AvgIpc) is 2.82. The van der Waals surface area contributed by atoms with Crippen molar-refractivity contribution in [3.8, 4) is 0 Å². The SMILES string of the molecule is CCCCCCC1Cn2c(cc3ccccc32)CO1. The fourth-order valence-electron chi connectivity index (χ4n) is 3.04. The first-order valence-electron chi connectivity index (χ1n) is 7.57. The number of fused-ring (bicyclic) bond motifs is 3. The summed E-state index contributed by atoms with van der Waals surface area (Å²) in [7, 11) is 0. The molecule has 1 aromatic heterocycles. The highest BCUT2D eigenvalue weighted by molar-refractivity contribution is 5.81. The van der Waals surface area contributed by atoms with E-state index in [9.17, 15) is 0 Å². The van der Waals surface area contributed by atoms with Crippen LogP contribution in [0.4, 0.5) is 0 Å². The minimum Gasteiger partial charge on any atom is -0.370 e. The second-order valence-electron chi connectivity index (χ2n) is 5.59. The van der Waals surface area contributed by atoms with Gasteiger partial charge in [0.1, 0.15) is 0 Å². The maximum absolute atomic E-state index is 5.99. The third-order valence-corrected chi connectivity index (χ3v) is 4.13. The number of hydrogen-bond donors (Lipinski definition) is 0. The zero-order valence-electron chi connectivity index (χ0n) is 11.8. The molecule has 0 N–H and O–H groups in total. The first kappa shape index (κ1) is 12.7. The quantitative estimate of drug-likeness (QED) is 0.719. The molecule has 0 radical (unpaired) electrons. The predicted octanol–water partition coefficient (Wildman–Crippen LogP) is 4.51. The minimum absolute atomic E-state index is 0.403. The van der Waals surface area contributed by atoms with E-state index in [4.69, 9.17) is 4.74 Å². The standard InChI is InChI=1S/C17H23NO/c1-2-3-4-5-9-16-12-18-15(13-19-16)11-14-8-6-7-10-17(14)18/h6-8,10-11,16H,2-5,9,12-13H2,1H3. The lowest BCUT2D eigenvalue weighted by atomic mass is 10.1. The molecule has 1 aliphatic heterocycles. The summed E-state index contributed by atoms with van der Waals surface area (Å²) < 4.78 is 8.44. The maximum atomic E-state index is 5.99. The second-order valence-corrected chi connectivity index (χ2v) is 5.59. The summed E-state index contributed by atoms with van der Waals surface area (Å²) in [5.74, 6) is 0. The van der Waals surface area contributed by atoms with Crippen LogP contribution in [0.5, 0.6) is 0 Å². The number of hydrogen-bond acceptors (Lipinski definition) is 1. The van der Waals surface area contributed by atoms with Crippen molar-refractivity contribution in [2.45, 2.75) is 58.3 Å². The maximum Gasteiger partial charge on any atom is 0.0872 e. The fourth-order valence-corrected chi connectivity index (χ4v) is 3.04. The molecule has 2 heteroatoms. The molecule has 0 spiro atoms. The molecule has 3 rings (SSSR count). The first-order valence-corrected chi connectivity index (χ1v) is 7.57. The minimum atomic E-state index is 0.403. The van der Waals surface area contributed by atoms with Gasteiger partial charge in [-0.05, 0) is 23.9 Å². The van der Waals surface area contributed by atoms with E-state index in [0.717, 1.165) is 13.2 Å². The number of rotatable bonds is 5. The Morgan fingerprint density at radius 1 is 1.21 bits per heavy atom. The van der Waals surface area contributed by atoms with Crippen LogP contribution < -0.4 is 0 Å². The van der Waals surface area contributed by atoms with Gasteiger partial charge in [-0.15, -0.1) is 0 Å². The second kappa shape index (κ2) is 5.79. The largest absolute Gasteiger partial charge is 0.370 e. The molecule has 1 unspecified atom stereocenters. The fraction of sp³-hybridized carbons (Fsp3) is 0.529. The van der Waals surface area contributed by atoms with E-state index < -0.39 is 0 Å². The number of benzene rings is 1. The van der Waals surface area contributed by atoms with Gasteiger partial charge >= 0.3 is 0 Å². The van der Waals surface area contributed by atoms with Crippen molar-refractivity contribution in [1.82, 2.24) is 4.57 Å². The van der Waals surface area contributed by atoms with Crippen molar-refractivity contribution < 1.29 is 4.74 Å². The van der Waals surface area contributed by atoms with Crippen LogP contribution in [0.2, 0.25) is 0 Å². The van der Waals surface area contributed by atoms with Crippen LogP contribution in [0.1, 0.15) is 44.7 Å². The number of nitrogens with zero attached hydrogens (tertiary/aromatic N) is 1. The molecular formula is C17H23NO. The van der Waals surface area contributed by atoms with Crippen molar-refractivity contribution in [2.24, 2.45) is 0 Å². The third kappa shape index (κ3) is 2.69. The first-order chi connectivity index (χ1) is 9.38. The Bertz CT molecular complexity index is 543. The molecule has 0 saturated heterocycles. The Balaban J connectivity index is 1.69. The zero-order valence-corrected chi connectivity index (χ0v) is 11.8. The van der Waals surface area contributed by atoms with Crippen molar-refractivity contribution in [2.75, 3.05) is 0 Å². The Labute approximate surface area is 115 Å². The molecular weight excluding hydrogens is 234 g/mol. The smallest absolute Gasteiger partial charge is 0.0872 e. The normalized spacial score (nSPS) is 18.7. The van der Waals surface area contributed by atoms with Gasteiger partial charge in [0, 0.05) is 17.8 Å². The molecule has 0 aliphatic carbocycles. The van der Waals surface area contributed by atoms with E-state index in [0.29, 0.717) is 6.10 Å². The highest BCUT2D eigenvalue weighted by atomic mass is 16.5. The topological polar surface area (TPSA) is 14.2 Å². The molecule has 2 nitrogen and oxygen atoms in total. The van der Waals surface area contributed by atoms with E-state index in [-0.39, 0.29) is 0 Å². The van der Waals surface area contributed by atoms with E-state index in [2.05, 4.69) is 41.8 Å². The van der Waals surface area contributed by atoms with Gasteiger partial charge in [-0.25, -0.2) is 0 Å². The zero-order chi connectivity index (χ0) is 13.1. The molecule has 1 aromatic carbocycles. The van der Waals surface area contributed by atoms with Crippen molar-refractivity contribution in [3.63, 3.8) is 0 Å².